The van der Waals surface area contributed by atoms with E-state index in [1.807, 2.05) is 6.07 Å². The summed E-state index contributed by atoms with van der Waals surface area (Å²) in [5, 5.41) is 23.3. The topological polar surface area (TPSA) is 172 Å². The molecule has 0 saturated heterocycles. The van der Waals surface area contributed by atoms with E-state index in [0.717, 1.165) is 5.56 Å². The minimum absolute atomic E-state index is 0.000184. The molecule has 0 heterocycles. The van der Waals surface area contributed by atoms with Crippen molar-refractivity contribution in [3.8, 4) is 0 Å². The largest absolute Gasteiger partial charge is 0.462 e. The van der Waals surface area contributed by atoms with Crippen molar-refractivity contribution in [2.45, 2.75) is 116 Å². The Kier molecular flexibility index (Phi) is 11.6. The van der Waals surface area contributed by atoms with Crippen LogP contribution in [0.25, 0.3) is 0 Å². The monoisotopic (exact) mass is 746 g/mol. The third-order valence-electron chi connectivity index (χ3n) is 11.5. The lowest BCUT2D eigenvalue weighted by molar-refractivity contribution is -0.198. The Morgan fingerprint density at radius 1 is 0.833 bits per heavy atom. The summed E-state index contributed by atoms with van der Waals surface area (Å²) in [7, 11) is 0. The lowest BCUT2D eigenvalue weighted by atomic mass is 9.56. The lowest BCUT2D eigenvalue weighted by Gasteiger charge is -2.53. The molecular weight excluding hydrogens is 696 g/mol. The summed E-state index contributed by atoms with van der Waals surface area (Å²) in [6.45, 7) is 14.7. The van der Waals surface area contributed by atoms with Crippen molar-refractivity contribution < 1.29 is 57.9 Å². The summed E-state index contributed by atoms with van der Waals surface area (Å²) < 4.78 is 30.3. The number of ether oxygens (including phenoxy) is 5. The van der Waals surface area contributed by atoms with Gasteiger partial charge in [0, 0.05) is 45.4 Å². The molecule has 0 unspecified atom stereocenters. The molecule has 12 heteroatoms. The van der Waals surface area contributed by atoms with Crippen LogP contribution >= 0.6 is 0 Å². The highest BCUT2D eigenvalue weighted by atomic mass is 16.6. The second-order valence-electron chi connectivity index (χ2n) is 15.4. The minimum Gasteiger partial charge on any atom is -0.462 e. The molecule has 2 aromatic rings. The Morgan fingerprint density at radius 3 is 1.96 bits per heavy atom. The van der Waals surface area contributed by atoms with Crippen LogP contribution in [0, 0.1) is 16.7 Å². The summed E-state index contributed by atoms with van der Waals surface area (Å²) in [6.07, 6.45) is -7.32. The Balaban J connectivity index is 1.73. The number of aliphatic hydroxyl groups excluding tert-OH is 1. The van der Waals surface area contributed by atoms with Gasteiger partial charge in [-0.1, -0.05) is 62.0 Å². The molecule has 2 saturated carbocycles. The second kappa shape index (κ2) is 15.5. The molecule has 0 aliphatic heterocycles. The van der Waals surface area contributed by atoms with Gasteiger partial charge in [-0.05, 0) is 67.5 Å². The van der Waals surface area contributed by atoms with Crippen molar-refractivity contribution in [1.29, 1.82) is 0 Å². The molecule has 0 radical (unpaired) electrons. The van der Waals surface area contributed by atoms with Crippen molar-refractivity contribution in [2.75, 3.05) is 0 Å². The van der Waals surface area contributed by atoms with Crippen molar-refractivity contribution in [3.63, 3.8) is 0 Å². The standard InChI is InChI=1S/C42H50O12/c1-23-30-21-42(40(6,7)49)22-33(53-39(48)31(46)19-28-15-11-9-12-16-28)24(2)35(42)36(54-38(47)29-17-13-10-14-18-29)37(52-27(5)45)41(30,8)34(51-26(4)44)20-32(23)50-25(3)43/h9-18,30-34,36-37,46,49H,1,19-22H2,2-8H3/t30-,31+,32+,33+,34+,36-,37+,41+,42+/m1/s1. The van der Waals surface area contributed by atoms with E-state index in [4.69, 9.17) is 23.7 Å². The molecule has 290 valence electrons. The first-order valence-electron chi connectivity index (χ1n) is 18.1. The Labute approximate surface area is 315 Å². The van der Waals surface area contributed by atoms with Crippen LogP contribution in [0.15, 0.2) is 84.0 Å². The third-order valence-corrected chi connectivity index (χ3v) is 11.5. The van der Waals surface area contributed by atoms with E-state index in [1.54, 1.807) is 82.3 Å². The predicted octanol–water partition coefficient (Wildman–Crippen LogP) is 4.99. The fourth-order valence-electron chi connectivity index (χ4n) is 8.87. The van der Waals surface area contributed by atoms with E-state index >= 15 is 0 Å². The van der Waals surface area contributed by atoms with Crippen LogP contribution in [-0.4, -0.2) is 82.3 Å². The van der Waals surface area contributed by atoms with E-state index in [2.05, 4.69) is 6.58 Å². The van der Waals surface area contributed by atoms with Gasteiger partial charge in [-0.3, -0.25) is 14.4 Å². The molecule has 54 heavy (non-hydrogen) atoms. The van der Waals surface area contributed by atoms with Gasteiger partial charge in [0.05, 0.1) is 16.6 Å². The third kappa shape index (κ3) is 7.72. The molecule has 9 atom stereocenters. The van der Waals surface area contributed by atoms with Gasteiger partial charge in [0.2, 0.25) is 0 Å². The Bertz CT molecular complexity index is 1810. The summed E-state index contributed by atoms with van der Waals surface area (Å²) in [5.74, 6) is -4.43. The van der Waals surface area contributed by atoms with Gasteiger partial charge in [-0.25, -0.2) is 9.59 Å². The van der Waals surface area contributed by atoms with Crippen LogP contribution in [0.5, 0.6) is 0 Å². The first-order valence-corrected chi connectivity index (χ1v) is 18.1. The smallest absolute Gasteiger partial charge is 0.338 e. The van der Waals surface area contributed by atoms with Gasteiger partial charge in [0.15, 0.2) is 18.3 Å². The number of carbonyl (C=O) groups is 5. The maximum Gasteiger partial charge on any atom is 0.338 e. The number of fused-ring (bicyclic) bond motifs is 2. The van der Waals surface area contributed by atoms with Gasteiger partial charge in [-0.2, -0.15) is 0 Å². The number of hydrogen-bond donors (Lipinski definition) is 2. The number of benzene rings is 2. The zero-order valence-electron chi connectivity index (χ0n) is 31.8. The highest BCUT2D eigenvalue weighted by Crippen LogP contribution is 2.65. The molecule has 0 bridgehead atoms. The van der Waals surface area contributed by atoms with Gasteiger partial charge in [0.1, 0.15) is 18.3 Å². The molecule has 3 aliphatic rings. The van der Waals surface area contributed by atoms with E-state index in [0.29, 0.717) is 16.7 Å². The quantitative estimate of drug-likeness (QED) is 0.190. The molecule has 0 spiro atoms. The van der Waals surface area contributed by atoms with E-state index in [9.17, 15) is 34.2 Å². The maximum atomic E-state index is 14.1. The molecule has 2 aromatic carbocycles. The first kappa shape index (κ1) is 40.4. The van der Waals surface area contributed by atoms with Gasteiger partial charge in [-0.15, -0.1) is 0 Å². The fraction of sp³-hybridized carbons (Fsp3) is 0.500. The average molecular weight is 747 g/mol. The van der Waals surface area contributed by atoms with Crippen molar-refractivity contribution in [2.24, 2.45) is 16.7 Å². The fourth-order valence-corrected chi connectivity index (χ4v) is 8.87. The summed E-state index contributed by atoms with van der Waals surface area (Å²) in [6, 6.07) is 17.2. The van der Waals surface area contributed by atoms with Crippen LogP contribution in [0.4, 0.5) is 0 Å². The summed E-state index contributed by atoms with van der Waals surface area (Å²) in [4.78, 5) is 65.8. The van der Waals surface area contributed by atoms with Crippen LogP contribution in [0.2, 0.25) is 0 Å². The van der Waals surface area contributed by atoms with Crippen molar-refractivity contribution >= 4 is 29.8 Å². The van der Waals surface area contributed by atoms with Gasteiger partial charge < -0.3 is 33.9 Å². The highest BCUT2D eigenvalue weighted by Gasteiger charge is 2.69. The molecule has 12 nitrogen and oxygen atoms in total. The maximum absolute atomic E-state index is 14.1. The van der Waals surface area contributed by atoms with Crippen molar-refractivity contribution in [1.82, 2.24) is 0 Å². The number of esters is 5. The van der Waals surface area contributed by atoms with E-state index in [-0.39, 0.29) is 31.2 Å². The summed E-state index contributed by atoms with van der Waals surface area (Å²) in [5.41, 5.74) is -2.27. The molecule has 2 fully saturated rings. The average Bonchev–Trinajstić information content (AvgIpc) is 3.33. The summed E-state index contributed by atoms with van der Waals surface area (Å²) >= 11 is 0. The van der Waals surface area contributed by atoms with Crippen molar-refractivity contribution in [3.05, 3.63) is 95.1 Å². The first-order chi connectivity index (χ1) is 25.3. The minimum atomic E-state index is -1.64. The van der Waals surface area contributed by atoms with E-state index < -0.39 is 88.8 Å². The SMILES string of the molecule is C=C1[C@@H](OC(C)=O)C[C@H](OC(C)=O)[C@]2(C)[C@@H]1C[C@]1(C(C)(C)O)C[C@H](OC(=O)[C@@H](O)Cc3ccccc3)C(C)=C1[C@@H](OC(=O)c1ccccc1)[C@@H]2OC(C)=O. The van der Waals surface area contributed by atoms with E-state index in [1.165, 1.54) is 20.8 Å². The van der Waals surface area contributed by atoms with Gasteiger partial charge >= 0.3 is 29.8 Å². The molecule has 3 aliphatic carbocycles. The normalized spacial score (nSPS) is 29.8. The molecule has 2 N–H and O–H groups in total. The number of carbonyl (C=O) groups excluding carboxylic acids is 5. The van der Waals surface area contributed by atoms with Gasteiger partial charge in [0.25, 0.3) is 0 Å². The highest BCUT2D eigenvalue weighted by molar-refractivity contribution is 5.89. The van der Waals surface area contributed by atoms with Crippen LogP contribution < -0.4 is 0 Å². The zero-order valence-corrected chi connectivity index (χ0v) is 31.8. The molecule has 0 aromatic heterocycles. The molecule has 5 rings (SSSR count). The molecular formula is C42H50O12. The van der Waals surface area contributed by atoms with Crippen LogP contribution in [0.1, 0.15) is 83.7 Å². The second-order valence-corrected chi connectivity index (χ2v) is 15.4. The zero-order chi connectivity index (χ0) is 39.7. The van der Waals surface area contributed by atoms with Crippen LogP contribution in [0.3, 0.4) is 0 Å². The van der Waals surface area contributed by atoms with Crippen LogP contribution in [-0.2, 0) is 49.3 Å². The predicted molar refractivity (Wildman–Crippen MR) is 194 cm³/mol. The lowest BCUT2D eigenvalue weighted by Crippen LogP contribution is -2.60. The number of hydrogen-bond acceptors (Lipinski definition) is 12. The Morgan fingerprint density at radius 2 is 1.41 bits per heavy atom. The molecule has 0 amide bonds. The Hall–Kier alpha value is -4.81. The number of rotatable bonds is 10. The number of aliphatic hydroxyl groups is 2.